The van der Waals surface area contributed by atoms with Crippen LogP contribution in [0.15, 0.2) is 36.5 Å². The number of aryl methyl sites for hydroxylation is 1. The molecule has 0 aliphatic heterocycles. The van der Waals surface area contributed by atoms with Crippen LogP contribution in [0.2, 0.25) is 0 Å². The van der Waals surface area contributed by atoms with Crippen molar-refractivity contribution in [3.63, 3.8) is 0 Å². The van der Waals surface area contributed by atoms with Crippen molar-refractivity contribution in [1.29, 1.82) is 0 Å². The highest BCUT2D eigenvalue weighted by Gasteiger charge is 2.07. The Hall–Kier alpha value is -1.65. The molecule has 3 aromatic rings. The summed E-state index contributed by atoms with van der Waals surface area (Å²) in [6.07, 6.45) is 4.05. The van der Waals surface area contributed by atoms with Crippen LogP contribution in [0.4, 0.5) is 0 Å². The Morgan fingerprint density at radius 2 is 2.14 bits per heavy atom. The molecule has 0 saturated carbocycles. The normalized spacial score (nSPS) is 11.6. The van der Waals surface area contributed by atoms with Gasteiger partial charge in [0.1, 0.15) is 5.82 Å². The van der Waals surface area contributed by atoms with Crippen LogP contribution in [0.25, 0.3) is 20.7 Å². The van der Waals surface area contributed by atoms with Crippen LogP contribution in [0.5, 0.6) is 0 Å². The second-order valence-electron chi connectivity index (χ2n) is 5.60. The molecule has 0 amide bonds. The largest absolute Gasteiger partial charge is 0.341 e. The van der Waals surface area contributed by atoms with Crippen LogP contribution in [0, 0.1) is 0 Å². The van der Waals surface area contributed by atoms with Gasteiger partial charge in [-0.3, -0.25) is 0 Å². The number of rotatable bonds is 6. The molecule has 0 unspecified atom stereocenters. The van der Waals surface area contributed by atoms with Crippen molar-refractivity contribution < 1.29 is 0 Å². The Balaban J connectivity index is 1.66. The van der Waals surface area contributed by atoms with Crippen molar-refractivity contribution in [1.82, 2.24) is 15.3 Å². The van der Waals surface area contributed by atoms with E-state index in [1.54, 1.807) is 0 Å². The first kappa shape index (κ1) is 14.3. The fraction of sp³-hybridized carbons (Fsp3) is 0.353. The van der Waals surface area contributed by atoms with Crippen molar-refractivity contribution >= 4 is 21.4 Å². The van der Waals surface area contributed by atoms with Crippen LogP contribution in [0.1, 0.15) is 26.1 Å². The second kappa shape index (κ2) is 6.41. The van der Waals surface area contributed by atoms with Gasteiger partial charge in [-0.1, -0.05) is 32.0 Å². The molecule has 0 spiro atoms. The number of hydrogen-bond acceptors (Lipinski definition) is 3. The van der Waals surface area contributed by atoms with Gasteiger partial charge in [-0.2, -0.15) is 0 Å². The zero-order valence-corrected chi connectivity index (χ0v) is 13.3. The number of benzene rings is 1. The van der Waals surface area contributed by atoms with E-state index in [9.17, 15) is 0 Å². The predicted molar refractivity (Wildman–Crippen MR) is 90.9 cm³/mol. The van der Waals surface area contributed by atoms with Gasteiger partial charge in [-0.15, -0.1) is 11.3 Å². The molecule has 2 aromatic heterocycles. The summed E-state index contributed by atoms with van der Waals surface area (Å²) in [7, 11) is 0. The number of nitrogens with zero attached hydrogens (tertiary/aromatic N) is 1. The Bertz CT molecular complexity index is 678. The molecule has 0 fully saturated rings. The lowest BCUT2D eigenvalue weighted by Gasteiger charge is -2.06. The highest BCUT2D eigenvalue weighted by atomic mass is 32.1. The summed E-state index contributed by atoms with van der Waals surface area (Å²) in [6, 6.07) is 11.3. The number of imidazole rings is 1. The van der Waals surface area contributed by atoms with Crippen LogP contribution in [0.3, 0.4) is 0 Å². The van der Waals surface area contributed by atoms with Crippen LogP contribution < -0.4 is 5.32 Å². The van der Waals surface area contributed by atoms with Gasteiger partial charge in [-0.05, 0) is 30.5 Å². The molecule has 0 atom stereocenters. The topological polar surface area (TPSA) is 40.7 Å². The van der Waals surface area contributed by atoms with Gasteiger partial charge in [-0.25, -0.2) is 4.98 Å². The van der Waals surface area contributed by atoms with Gasteiger partial charge in [0.2, 0.25) is 0 Å². The Morgan fingerprint density at radius 1 is 1.29 bits per heavy atom. The first-order valence-electron chi connectivity index (χ1n) is 7.48. The molecular formula is C17H21N3S. The third-order valence-corrected chi connectivity index (χ3v) is 4.61. The second-order valence-corrected chi connectivity index (χ2v) is 6.69. The summed E-state index contributed by atoms with van der Waals surface area (Å²) >= 11 is 1.81. The Labute approximate surface area is 129 Å². The fourth-order valence-electron chi connectivity index (χ4n) is 2.38. The van der Waals surface area contributed by atoms with Crippen LogP contribution in [-0.2, 0) is 6.42 Å². The van der Waals surface area contributed by atoms with Crippen LogP contribution in [-0.4, -0.2) is 22.6 Å². The number of hydrogen-bond donors (Lipinski definition) is 2. The minimum Gasteiger partial charge on any atom is -0.341 e. The van der Waals surface area contributed by atoms with Crippen molar-refractivity contribution in [2.75, 3.05) is 6.54 Å². The summed E-state index contributed by atoms with van der Waals surface area (Å²) in [5.74, 6) is 1.08. The van der Waals surface area contributed by atoms with Gasteiger partial charge in [0, 0.05) is 17.2 Å². The standard InChI is InChI=1S/C17H21N3S/c1-12(2)18-9-5-8-17-19-11-14(20-17)16-10-13-6-3-4-7-15(13)21-16/h3-4,6-7,10-12,18H,5,8-9H2,1-2H3,(H,19,20). The molecule has 2 heterocycles. The highest BCUT2D eigenvalue weighted by molar-refractivity contribution is 7.22. The molecule has 3 nitrogen and oxygen atoms in total. The summed E-state index contributed by atoms with van der Waals surface area (Å²) in [4.78, 5) is 9.21. The van der Waals surface area contributed by atoms with E-state index in [1.807, 2.05) is 17.5 Å². The molecule has 4 heteroatoms. The number of thiophene rings is 1. The molecule has 0 radical (unpaired) electrons. The highest BCUT2D eigenvalue weighted by Crippen LogP contribution is 2.32. The maximum Gasteiger partial charge on any atom is 0.106 e. The molecule has 0 saturated heterocycles. The maximum atomic E-state index is 4.50. The van der Waals surface area contributed by atoms with Gasteiger partial charge >= 0.3 is 0 Å². The minimum atomic E-state index is 0.552. The van der Waals surface area contributed by atoms with E-state index in [1.165, 1.54) is 15.0 Å². The van der Waals surface area contributed by atoms with E-state index in [0.29, 0.717) is 6.04 Å². The SMILES string of the molecule is CC(C)NCCCc1ncc(-c2cc3ccccc3s2)[nH]1. The van der Waals surface area contributed by atoms with Crippen LogP contribution >= 0.6 is 11.3 Å². The van der Waals surface area contributed by atoms with Crippen molar-refractivity contribution in [3.8, 4) is 10.6 Å². The number of fused-ring (bicyclic) bond motifs is 1. The molecular weight excluding hydrogens is 278 g/mol. The monoisotopic (exact) mass is 299 g/mol. The lowest BCUT2D eigenvalue weighted by atomic mass is 10.2. The van der Waals surface area contributed by atoms with Gasteiger partial charge < -0.3 is 10.3 Å². The minimum absolute atomic E-state index is 0.552. The summed E-state index contributed by atoms with van der Waals surface area (Å²) < 4.78 is 1.32. The first-order chi connectivity index (χ1) is 10.2. The van der Waals surface area contributed by atoms with Crippen molar-refractivity contribution in [2.45, 2.75) is 32.7 Å². The average Bonchev–Trinajstić information content (AvgIpc) is 3.09. The zero-order chi connectivity index (χ0) is 14.7. The smallest absolute Gasteiger partial charge is 0.106 e. The zero-order valence-electron chi connectivity index (χ0n) is 12.5. The lowest BCUT2D eigenvalue weighted by Crippen LogP contribution is -2.24. The van der Waals surface area contributed by atoms with Gasteiger partial charge in [0.05, 0.1) is 16.8 Å². The molecule has 21 heavy (non-hydrogen) atoms. The third kappa shape index (κ3) is 3.52. The number of aromatic amines is 1. The van der Waals surface area contributed by atoms with Gasteiger partial charge in [0.15, 0.2) is 0 Å². The molecule has 3 rings (SSSR count). The molecule has 0 bridgehead atoms. The number of H-pyrrole nitrogens is 1. The maximum absolute atomic E-state index is 4.50. The quantitative estimate of drug-likeness (QED) is 0.669. The summed E-state index contributed by atoms with van der Waals surface area (Å²) in [5, 5.41) is 4.73. The summed E-state index contributed by atoms with van der Waals surface area (Å²) in [6.45, 7) is 5.38. The van der Waals surface area contributed by atoms with E-state index < -0.39 is 0 Å². The van der Waals surface area contributed by atoms with E-state index in [0.717, 1.165) is 30.9 Å². The van der Waals surface area contributed by atoms with E-state index in [-0.39, 0.29) is 0 Å². The van der Waals surface area contributed by atoms with E-state index >= 15 is 0 Å². The first-order valence-corrected chi connectivity index (χ1v) is 8.30. The number of aromatic nitrogens is 2. The molecule has 0 aliphatic carbocycles. The molecule has 110 valence electrons. The molecule has 1 aromatic carbocycles. The van der Waals surface area contributed by atoms with E-state index in [2.05, 4.69) is 59.5 Å². The Kier molecular flexibility index (Phi) is 4.36. The van der Waals surface area contributed by atoms with E-state index in [4.69, 9.17) is 0 Å². The Morgan fingerprint density at radius 3 is 2.95 bits per heavy atom. The molecule has 0 aliphatic rings. The van der Waals surface area contributed by atoms with Crippen molar-refractivity contribution in [3.05, 3.63) is 42.4 Å². The number of nitrogens with one attached hydrogen (secondary N) is 2. The third-order valence-electron chi connectivity index (χ3n) is 3.46. The average molecular weight is 299 g/mol. The predicted octanol–water partition coefficient (Wildman–Crippen LogP) is 4.22. The molecule has 2 N–H and O–H groups in total. The van der Waals surface area contributed by atoms with Gasteiger partial charge in [0.25, 0.3) is 0 Å². The summed E-state index contributed by atoms with van der Waals surface area (Å²) in [5.41, 5.74) is 1.13. The lowest BCUT2D eigenvalue weighted by molar-refractivity contribution is 0.567. The fourth-order valence-corrected chi connectivity index (χ4v) is 3.40. The van der Waals surface area contributed by atoms with Crippen molar-refractivity contribution in [2.24, 2.45) is 0 Å².